The Kier molecular flexibility index (Phi) is 4.89. The molecule has 0 radical (unpaired) electrons. The number of para-hydroxylation sites is 1. The molecule has 0 fully saturated rings. The van der Waals surface area contributed by atoms with E-state index in [0.717, 1.165) is 11.3 Å². The predicted molar refractivity (Wildman–Crippen MR) is 90.1 cm³/mol. The van der Waals surface area contributed by atoms with Gasteiger partial charge in [0.05, 0.1) is 12.0 Å². The van der Waals surface area contributed by atoms with Gasteiger partial charge in [0.25, 0.3) is 0 Å². The van der Waals surface area contributed by atoms with Crippen LogP contribution in [0.3, 0.4) is 0 Å². The maximum Gasteiger partial charge on any atom is 0.337 e. The number of hydrogen-bond acceptors (Lipinski definition) is 2. The number of carboxylic acid groups (broad SMARTS) is 1. The van der Waals surface area contributed by atoms with Crippen LogP contribution >= 0.6 is 0 Å². The third-order valence-electron chi connectivity index (χ3n) is 4.10. The van der Waals surface area contributed by atoms with Crippen LogP contribution in [0.15, 0.2) is 30.5 Å². The van der Waals surface area contributed by atoms with Gasteiger partial charge in [0.2, 0.25) is 5.91 Å². The number of aromatic nitrogens is 1. The molecule has 1 N–H and O–H groups in total. The number of carbonyl (C=O) groups excluding carboxylic acids is 1. The fourth-order valence-electron chi connectivity index (χ4n) is 2.85. The topological polar surface area (TPSA) is 62.5 Å². The van der Waals surface area contributed by atoms with Gasteiger partial charge in [-0.3, -0.25) is 4.79 Å². The van der Waals surface area contributed by atoms with E-state index in [4.69, 9.17) is 0 Å². The summed E-state index contributed by atoms with van der Waals surface area (Å²) in [7, 11) is 1.72. The molecule has 0 bridgehead atoms. The number of nitrogens with zero attached hydrogens (tertiary/aromatic N) is 2. The van der Waals surface area contributed by atoms with Gasteiger partial charge in [-0.05, 0) is 38.0 Å². The zero-order valence-electron chi connectivity index (χ0n) is 14.0. The van der Waals surface area contributed by atoms with Crippen LogP contribution in [-0.4, -0.2) is 28.6 Å². The van der Waals surface area contributed by atoms with Crippen molar-refractivity contribution in [2.24, 2.45) is 0 Å². The summed E-state index contributed by atoms with van der Waals surface area (Å²) in [6.45, 7) is 6.27. The second-order valence-electron chi connectivity index (χ2n) is 5.64. The molecule has 2 rings (SSSR count). The first-order valence-electron chi connectivity index (χ1n) is 7.60. The number of rotatable bonds is 5. The van der Waals surface area contributed by atoms with Crippen LogP contribution in [-0.2, 0) is 17.8 Å². The summed E-state index contributed by atoms with van der Waals surface area (Å²) in [5.41, 5.74) is 3.31. The largest absolute Gasteiger partial charge is 0.478 e. The van der Waals surface area contributed by atoms with Crippen LogP contribution in [0.1, 0.15) is 34.1 Å². The van der Waals surface area contributed by atoms with Crippen molar-refractivity contribution in [3.8, 4) is 0 Å². The molecule has 0 aliphatic heterocycles. The summed E-state index contributed by atoms with van der Waals surface area (Å²) < 4.78 is 1.84. The molecule has 0 saturated carbocycles. The smallest absolute Gasteiger partial charge is 0.337 e. The Morgan fingerprint density at radius 2 is 1.83 bits per heavy atom. The third-order valence-corrected chi connectivity index (χ3v) is 4.10. The number of carbonyl (C=O) groups is 2. The van der Waals surface area contributed by atoms with Gasteiger partial charge in [0.1, 0.15) is 0 Å². The number of amides is 1. The van der Waals surface area contributed by atoms with Gasteiger partial charge in [-0.15, -0.1) is 0 Å². The van der Waals surface area contributed by atoms with Crippen molar-refractivity contribution in [1.82, 2.24) is 4.57 Å². The van der Waals surface area contributed by atoms with Crippen LogP contribution in [0.4, 0.5) is 5.69 Å². The molecular weight excluding hydrogens is 292 g/mol. The van der Waals surface area contributed by atoms with E-state index in [0.29, 0.717) is 17.8 Å². The van der Waals surface area contributed by atoms with Gasteiger partial charge < -0.3 is 14.6 Å². The van der Waals surface area contributed by atoms with Crippen molar-refractivity contribution in [3.63, 3.8) is 0 Å². The average Bonchev–Trinajstić information content (AvgIpc) is 2.82. The SMILES string of the molecule is CCn1cc(C)c(C(=O)O)c1CC(=O)N(C)c1ccccc1C. The molecule has 0 aliphatic rings. The van der Waals surface area contributed by atoms with Crippen molar-refractivity contribution >= 4 is 17.6 Å². The molecular formula is C18H22N2O3. The van der Waals surface area contributed by atoms with Crippen molar-refractivity contribution in [3.05, 3.63) is 52.8 Å². The quantitative estimate of drug-likeness (QED) is 0.922. The molecule has 1 aromatic carbocycles. The molecule has 2 aromatic rings. The Labute approximate surface area is 136 Å². The predicted octanol–water partition coefficient (Wildman–Crippen LogP) is 3.03. The van der Waals surface area contributed by atoms with Gasteiger partial charge in [-0.1, -0.05) is 18.2 Å². The highest BCUT2D eigenvalue weighted by atomic mass is 16.4. The van der Waals surface area contributed by atoms with Crippen molar-refractivity contribution in [2.75, 3.05) is 11.9 Å². The van der Waals surface area contributed by atoms with E-state index < -0.39 is 5.97 Å². The van der Waals surface area contributed by atoms with E-state index in [2.05, 4.69) is 0 Å². The highest BCUT2D eigenvalue weighted by Gasteiger charge is 2.23. The summed E-state index contributed by atoms with van der Waals surface area (Å²) in [6.07, 6.45) is 1.86. The lowest BCUT2D eigenvalue weighted by molar-refractivity contribution is -0.117. The Bertz CT molecular complexity index is 747. The Morgan fingerprint density at radius 1 is 1.17 bits per heavy atom. The molecule has 0 aliphatic carbocycles. The zero-order chi connectivity index (χ0) is 17.1. The molecule has 0 unspecified atom stereocenters. The highest BCUT2D eigenvalue weighted by molar-refractivity contribution is 5.98. The Morgan fingerprint density at radius 3 is 2.39 bits per heavy atom. The van der Waals surface area contributed by atoms with Gasteiger partial charge in [-0.25, -0.2) is 4.79 Å². The Balaban J connectivity index is 2.34. The first kappa shape index (κ1) is 16.8. The summed E-state index contributed by atoms with van der Waals surface area (Å²) in [6, 6.07) is 7.63. The summed E-state index contributed by atoms with van der Waals surface area (Å²) in [5.74, 6) is -1.12. The van der Waals surface area contributed by atoms with Crippen LogP contribution in [0.25, 0.3) is 0 Å². The second kappa shape index (κ2) is 6.69. The minimum absolute atomic E-state index is 0.0636. The van der Waals surface area contributed by atoms with Gasteiger partial charge in [0.15, 0.2) is 0 Å². The molecule has 1 aromatic heterocycles. The zero-order valence-corrected chi connectivity index (χ0v) is 14.0. The maximum atomic E-state index is 12.6. The minimum Gasteiger partial charge on any atom is -0.478 e. The first-order valence-corrected chi connectivity index (χ1v) is 7.60. The van der Waals surface area contributed by atoms with Crippen molar-refractivity contribution < 1.29 is 14.7 Å². The molecule has 5 nitrogen and oxygen atoms in total. The van der Waals surface area contributed by atoms with Gasteiger partial charge in [0, 0.05) is 31.2 Å². The van der Waals surface area contributed by atoms with Crippen LogP contribution in [0.5, 0.6) is 0 Å². The number of anilines is 1. The third kappa shape index (κ3) is 3.28. The lowest BCUT2D eigenvalue weighted by atomic mass is 10.1. The fraction of sp³-hybridized carbons (Fsp3) is 0.333. The summed E-state index contributed by atoms with van der Waals surface area (Å²) in [4.78, 5) is 25.7. The minimum atomic E-state index is -0.990. The van der Waals surface area contributed by atoms with Gasteiger partial charge >= 0.3 is 5.97 Å². The van der Waals surface area contributed by atoms with E-state index in [1.165, 1.54) is 0 Å². The van der Waals surface area contributed by atoms with E-state index >= 15 is 0 Å². The number of benzene rings is 1. The average molecular weight is 314 g/mol. The fourth-order valence-corrected chi connectivity index (χ4v) is 2.85. The highest BCUT2D eigenvalue weighted by Crippen LogP contribution is 2.22. The number of aromatic carboxylic acids is 1. The molecule has 0 saturated heterocycles. The molecule has 0 atom stereocenters. The first-order chi connectivity index (χ1) is 10.9. The van der Waals surface area contributed by atoms with Crippen LogP contribution in [0.2, 0.25) is 0 Å². The van der Waals surface area contributed by atoms with Crippen molar-refractivity contribution in [2.45, 2.75) is 33.7 Å². The van der Waals surface area contributed by atoms with Gasteiger partial charge in [-0.2, -0.15) is 0 Å². The number of carboxylic acids is 1. The maximum absolute atomic E-state index is 12.6. The number of aryl methyl sites for hydroxylation is 3. The Hall–Kier alpha value is -2.56. The van der Waals surface area contributed by atoms with E-state index in [1.54, 1.807) is 25.1 Å². The van der Waals surface area contributed by atoms with E-state index in [-0.39, 0.29) is 17.9 Å². The van der Waals surface area contributed by atoms with E-state index in [9.17, 15) is 14.7 Å². The normalized spacial score (nSPS) is 10.6. The lowest BCUT2D eigenvalue weighted by Gasteiger charge is -2.20. The molecule has 1 heterocycles. The monoisotopic (exact) mass is 314 g/mol. The molecule has 1 amide bonds. The summed E-state index contributed by atoms with van der Waals surface area (Å²) >= 11 is 0. The summed E-state index contributed by atoms with van der Waals surface area (Å²) in [5, 5.41) is 9.43. The molecule has 5 heteroatoms. The molecule has 23 heavy (non-hydrogen) atoms. The van der Waals surface area contributed by atoms with Crippen molar-refractivity contribution in [1.29, 1.82) is 0 Å². The molecule has 122 valence electrons. The number of likely N-dealkylation sites (N-methyl/N-ethyl adjacent to an activating group) is 1. The molecule has 0 spiro atoms. The lowest BCUT2D eigenvalue weighted by Crippen LogP contribution is -2.29. The number of hydrogen-bond donors (Lipinski definition) is 1. The van der Waals surface area contributed by atoms with E-state index in [1.807, 2.05) is 42.7 Å². The standard InChI is InChI=1S/C18H22N2O3/c1-5-20-11-13(3)17(18(22)23)15(20)10-16(21)19(4)14-9-7-6-8-12(14)2/h6-9,11H,5,10H2,1-4H3,(H,22,23). The van der Waals surface area contributed by atoms with Crippen LogP contribution in [0, 0.1) is 13.8 Å². The second-order valence-corrected chi connectivity index (χ2v) is 5.64. The van der Waals surface area contributed by atoms with Crippen LogP contribution < -0.4 is 4.90 Å².